The molecule has 1 saturated heterocycles. The number of hydrogen-bond acceptors (Lipinski definition) is 4. The zero-order valence-corrected chi connectivity index (χ0v) is 16.0. The molecular weight excluding hydrogens is 336 g/mol. The number of benzene rings is 2. The number of hydrogen-bond donors (Lipinski definition) is 1. The van der Waals surface area contributed by atoms with Crippen LogP contribution in [0, 0.1) is 0 Å². The number of nitrogens with zero attached hydrogens (tertiary/aromatic N) is 3. The Balaban J connectivity index is 1.56. The van der Waals surface area contributed by atoms with Crippen LogP contribution in [-0.4, -0.2) is 53.8 Å². The number of anilines is 1. The molecule has 0 bridgehead atoms. The summed E-state index contributed by atoms with van der Waals surface area (Å²) in [5.41, 5.74) is 4.86. The smallest absolute Gasteiger partial charge is 0.204 e. The first-order valence-electron chi connectivity index (χ1n) is 9.90. The Morgan fingerprint density at radius 2 is 1.85 bits per heavy atom. The Labute approximate surface area is 161 Å². The maximum Gasteiger partial charge on any atom is 0.204 e. The van der Waals surface area contributed by atoms with Crippen LogP contribution in [-0.2, 0) is 17.7 Å². The van der Waals surface area contributed by atoms with Gasteiger partial charge in [0.15, 0.2) is 0 Å². The predicted octanol–water partition coefficient (Wildman–Crippen LogP) is 3.39. The molecule has 0 amide bonds. The molecule has 1 aliphatic rings. The number of ether oxygens (including phenoxy) is 1. The number of fused-ring (bicyclic) bond motifs is 1. The van der Waals surface area contributed by atoms with Crippen LogP contribution in [0.5, 0.6) is 0 Å². The first-order valence-corrected chi connectivity index (χ1v) is 9.90. The van der Waals surface area contributed by atoms with Gasteiger partial charge in [0.05, 0.1) is 30.8 Å². The molecule has 0 saturated carbocycles. The quantitative estimate of drug-likeness (QED) is 0.698. The van der Waals surface area contributed by atoms with Gasteiger partial charge in [-0.25, -0.2) is 4.98 Å². The van der Waals surface area contributed by atoms with E-state index in [9.17, 15) is 0 Å². The fraction of sp³-hybridized carbons (Fsp3) is 0.409. The Hall–Kier alpha value is -2.37. The number of aryl methyl sites for hydroxylation is 1. The first-order chi connectivity index (χ1) is 13.3. The first kappa shape index (κ1) is 18.0. The number of rotatable bonds is 7. The largest absolute Gasteiger partial charge is 0.379 e. The van der Waals surface area contributed by atoms with E-state index >= 15 is 0 Å². The molecule has 0 unspecified atom stereocenters. The molecular formula is C22H28N4O. The van der Waals surface area contributed by atoms with E-state index in [0.29, 0.717) is 0 Å². The molecule has 1 aromatic heterocycles. The molecule has 1 fully saturated rings. The van der Waals surface area contributed by atoms with Gasteiger partial charge < -0.3 is 14.6 Å². The lowest BCUT2D eigenvalue weighted by atomic mass is 10.1. The van der Waals surface area contributed by atoms with Crippen LogP contribution in [0.25, 0.3) is 11.0 Å². The zero-order chi connectivity index (χ0) is 18.5. The summed E-state index contributed by atoms with van der Waals surface area (Å²) in [4.78, 5) is 7.35. The molecule has 0 aliphatic carbocycles. The Morgan fingerprint density at radius 1 is 1.04 bits per heavy atom. The second-order valence-electron chi connectivity index (χ2n) is 7.06. The average Bonchev–Trinajstić information content (AvgIpc) is 3.06. The molecule has 0 atom stereocenters. The van der Waals surface area contributed by atoms with Crippen molar-refractivity contribution in [3.63, 3.8) is 0 Å². The van der Waals surface area contributed by atoms with Gasteiger partial charge in [-0.1, -0.05) is 43.3 Å². The second kappa shape index (κ2) is 8.55. The van der Waals surface area contributed by atoms with Gasteiger partial charge in [0.25, 0.3) is 0 Å². The second-order valence-corrected chi connectivity index (χ2v) is 7.06. The standard InChI is InChI=1S/C22H28N4O/c1-2-18-8-9-21-20(16-18)24-22(23-10-11-25-12-14-27-15-13-25)26(21)17-19-6-4-3-5-7-19/h3-9,16H,2,10-15,17H2,1H3,(H,23,24). The topological polar surface area (TPSA) is 42.3 Å². The average molecular weight is 364 g/mol. The lowest BCUT2D eigenvalue weighted by Gasteiger charge is -2.26. The van der Waals surface area contributed by atoms with Gasteiger partial charge in [0.2, 0.25) is 5.95 Å². The van der Waals surface area contributed by atoms with Gasteiger partial charge in [0, 0.05) is 26.2 Å². The van der Waals surface area contributed by atoms with Crippen LogP contribution in [0.15, 0.2) is 48.5 Å². The van der Waals surface area contributed by atoms with Crippen molar-refractivity contribution in [1.29, 1.82) is 0 Å². The SMILES string of the molecule is CCc1ccc2c(c1)nc(NCCN1CCOCC1)n2Cc1ccccc1. The van der Waals surface area contributed by atoms with E-state index in [1.165, 1.54) is 16.6 Å². The highest BCUT2D eigenvalue weighted by Crippen LogP contribution is 2.23. The normalized spacial score (nSPS) is 15.3. The van der Waals surface area contributed by atoms with Crippen LogP contribution in [0.2, 0.25) is 0 Å². The zero-order valence-electron chi connectivity index (χ0n) is 16.0. The molecule has 142 valence electrons. The van der Waals surface area contributed by atoms with Crippen molar-refractivity contribution in [3.05, 3.63) is 59.7 Å². The Morgan fingerprint density at radius 3 is 2.63 bits per heavy atom. The van der Waals surface area contributed by atoms with Gasteiger partial charge in [-0.15, -0.1) is 0 Å². The molecule has 5 heteroatoms. The van der Waals surface area contributed by atoms with Crippen molar-refractivity contribution < 1.29 is 4.74 Å². The van der Waals surface area contributed by atoms with Crippen molar-refractivity contribution in [2.24, 2.45) is 0 Å². The highest BCUT2D eigenvalue weighted by atomic mass is 16.5. The predicted molar refractivity (Wildman–Crippen MR) is 110 cm³/mol. The van der Waals surface area contributed by atoms with Crippen LogP contribution < -0.4 is 5.32 Å². The third kappa shape index (κ3) is 4.31. The van der Waals surface area contributed by atoms with E-state index < -0.39 is 0 Å². The van der Waals surface area contributed by atoms with E-state index in [1.807, 2.05) is 0 Å². The summed E-state index contributed by atoms with van der Waals surface area (Å²) in [6, 6.07) is 17.2. The fourth-order valence-electron chi connectivity index (χ4n) is 3.61. The van der Waals surface area contributed by atoms with Crippen LogP contribution in [0.1, 0.15) is 18.1 Å². The van der Waals surface area contributed by atoms with E-state index in [0.717, 1.165) is 63.8 Å². The van der Waals surface area contributed by atoms with Crippen molar-refractivity contribution in [3.8, 4) is 0 Å². The molecule has 5 nitrogen and oxygen atoms in total. The Kier molecular flexibility index (Phi) is 5.70. The van der Waals surface area contributed by atoms with Crippen molar-refractivity contribution >= 4 is 17.0 Å². The molecule has 27 heavy (non-hydrogen) atoms. The van der Waals surface area contributed by atoms with Gasteiger partial charge in [-0.2, -0.15) is 0 Å². The summed E-state index contributed by atoms with van der Waals surface area (Å²) in [7, 11) is 0. The summed E-state index contributed by atoms with van der Waals surface area (Å²) < 4.78 is 7.73. The van der Waals surface area contributed by atoms with Crippen molar-refractivity contribution in [2.45, 2.75) is 19.9 Å². The lowest BCUT2D eigenvalue weighted by Crippen LogP contribution is -2.39. The number of nitrogens with one attached hydrogen (secondary N) is 1. The molecule has 2 heterocycles. The van der Waals surface area contributed by atoms with E-state index in [4.69, 9.17) is 9.72 Å². The van der Waals surface area contributed by atoms with E-state index in [-0.39, 0.29) is 0 Å². The van der Waals surface area contributed by atoms with Gasteiger partial charge in [-0.3, -0.25) is 4.90 Å². The number of morpholine rings is 1. The van der Waals surface area contributed by atoms with Gasteiger partial charge in [-0.05, 0) is 29.7 Å². The summed E-state index contributed by atoms with van der Waals surface area (Å²) in [6.45, 7) is 8.62. The number of aromatic nitrogens is 2. The minimum absolute atomic E-state index is 0.822. The fourth-order valence-corrected chi connectivity index (χ4v) is 3.61. The lowest BCUT2D eigenvalue weighted by molar-refractivity contribution is 0.0398. The third-order valence-electron chi connectivity index (χ3n) is 5.22. The molecule has 0 spiro atoms. The van der Waals surface area contributed by atoms with E-state index in [1.54, 1.807) is 0 Å². The minimum atomic E-state index is 0.822. The van der Waals surface area contributed by atoms with Gasteiger partial charge in [0.1, 0.15) is 0 Å². The highest BCUT2D eigenvalue weighted by molar-refractivity contribution is 5.79. The maximum atomic E-state index is 5.43. The van der Waals surface area contributed by atoms with Gasteiger partial charge >= 0.3 is 0 Å². The van der Waals surface area contributed by atoms with Crippen molar-refractivity contribution in [2.75, 3.05) is 44.7 Å². The van der Waals surface area contributed by atoms with Crippen LogP contribution in [0.3, 0.4) is 0 Å². The Bertz CT molecular complexity index is 869. The van der Waals surface area contributed by atoms with Crippen LogP contribution >= 0.6 is 0 Å². The third-order valence-corrected chi connectivity index (χ3v) is 5.22. The summed E-state index contributed by atoms with van der Waals surface area (Å²) >= 11 is 0. The highest BCUT2D eigenvalue weighted by Gasteiger charge is 2.13. The molecule has 1 aliphatic heterocycles. The maximum absolute atomic E-state index is 5.43. The minimum Gasteiger partial charge on any atom is -0.379 e. The molecule has 1 N–H and O–H groups in total. The summed E-state index contributed by atoms with van der Waals surface area (Å²) in [5.74, 6) is 0.954. The number of imidazole rings is 1. The van der Waals surface area contributed by atoms with Crippen molar-refractivity contribution in [1.82, 2.24) is 14.5 Å². The monoisotopic (exact) mass is 364 g/mol. The molecule has 2 aromatic carbocycles. The van der Waals surface area contributed by atoms with Crippen LogP contribution in [0.4, 0.5) is 5.95 Å². The molecule has 4 rings (SSSR count). The summed E-state index contributed by atoms with van der Waals surface area (Å²) in [6.07, 6.45) is 1.03. The molecule has 3 aromatic rings. The summed E-state index contributed by atoms with van der Waals surface area (Å²) in [5, 5.41) is 3.58. The van der Waals surface area contributed by atoms with E-state index in [2.05, 4.69) is 70.2 Å². The molecule has 0 radical (unpaired) electrons.